The number of rotatable bonds is 3. The molecule has 1 unspecified atom stereocenters. The van der Waals surface area contributed by atoms with Gasteiger partial charge in [-0.25, -0.2) is 4.79 Å². The van der Waals surface area contributed by atoms with Crippen molar-refractivity contribution in [1.82, 2.24) is 4.90 Å². The first-order valence-corrected chi connectivity index (χ1v) is 5.48. The molecule has 2 rings (SSSR count). The van der Waals surface area contributed by atoms with Gasteiger partial charge in [0.15, 0.2) is 6.04 Å². The second-order valence-corrected chi connectivity index (χ2v) is 4.24. The van der Waals surface area contributed by atoms with Gasteiger partial charge in [-0.1, -0.05) is 12.1 Å². The summed E-state index contributed by atoms with van der Waals surface area (Å²) in [5.74, 6) is -1.53. The number of aliphatic hydroxyl groups is 1. The summed E-state index contributed by atoms with van der Waals surface area (Å²) >= 11 is 0. The van der Waals surface area contributed by atoms with Crippen LogP contribution in [-0.4, -0.2) is 44.7 Å². The van der Waals surface area contributed by atoms with Crippen molar-refractivity contribution in [1.29, 1.82) is 0 Å². The highest BCUT2D eigenvalue weighted by atomic mass is 16.4. The van der Waals surface area contributed by atoms with E-state index >= 15 is 0 Å². The van der Waals surface area contributed by atoms with E-state index in [4.69, 9.17) is 5.11 Å². The molecule has 1 aromatic carbocycles. The van der Waals surface area contributed by atoms with Crippen molar-refractivity contribution in [3.05, 3.63) is 29.8 Å². The number of carbonyl (C=O) groups is 2. The number of aliphatic hydroxyl groups excluding tert-OH is 1. The van der Waals surface area contributed by atoms with E-state index in [0.717, 1.165) is 4.90 Å². The van der Waals surface area contributed by atoms with Crippen LogP contribution in [0, 0.1) is 0 Å². The van der Waals surface area contributed by atoms with Crippen LogP contribution in [0.25, 0.3) is 0 Å². The number of benzene rings is 1. The van der Waals surface area contributed by atoms with Crippen LogP contribution in [0.5, 0.6) is 5.75 Å². The van der Waals surface area contributed by atoms with E-state index in [2.05, 4.69) is 0 Å². The summed E-state index contributed by atoms with van der Waals surface area (Å²) < 4.78 is 0. The normalized spacial score (nSPS) is 21.1. The van der Waals surface area contributed by atoms with Crippen molar-refractivity contribution in [3.63, 3.8) is 0 Å². The predicted octanol–water partition coefficient (Wildman–Crippen LogP) is 0.111. The smallest absolute Gasteiger partial charge is 0.331 e. The monoisotopic (exact) mass is 251 g/mol. The number of carbonyl (C=O) groups excluding carboxylic acids is 1. The Morgan fingerprint density at radius 2 is 1.94 bits per heavy atom. The third-order valence-electron chi connectivity index (χ3n) is 2.89. The summed E-state index contributed by atoms with van der Waals surface area (Å²) in [5.41, 5.74) is 0.391. The number of aromatic hydroxyl groups is 1. The van der Waals surface area contributed by atoms with Gasteiger partial charge in [-0.3, -0.25) is 4.79 Å². The lowest BCUT2D eigenvalue weighted by atomic mass is 10.1. The molecule has 1 saturated heterocycles. The molecule has 1 amide bonds. The highest BCUT2D eigenvalue weighted by Crippen LogP contribution is 2.27. The molecule has 0 saturated carbocycles. The number of phenols is 1. The fraction of sp³-hybridized carbons (Fsp3) is 0.333. The van der Waals surface area contributed by atoms with Gasteiger partial charge in [-0.05, 0) is 17.7 Å². The van der Waals surface area contributed by atoms with Gasteiger partial charge in [-0.2, -0.15) is 0 Å². The molecule has 0 aromatic heterocycles. The molecule has 18 heavy (non-hydrogen) atoms. The van der Waals surface area contributed by atoms with Gasteiger partial charge in [0.2, 0.25) is 5.91 Å². The number of phenolic OH excluding ortho intramolecular Hbond substituents is 1. The average Bonchev–Trinajstić information content (AvgIpc) is 2.61. The SMILES string of the molecule is O=C(O)[C@@H](c1ccc(O)cc1)N1CC(O)CC1=O. The lowest BCUT2D eigenvalue weighted by Crippen LogP contribution is -2.35. The Balaban J connectivity index is 2.32. The fourth-order valence-corrected chi connectivity index (χ4v) is 2.07. The zero-order valence-electron chi connectivity index (χ0n) is 9.48. The quantitative estimate of drug-likeness (QED) is 0.708. The molecule has 0 spiro atoms. The molecule has 3 N–H and O–H groups in total. The van der Waals surface area contributed by atoms with Gasteiger partial charge in [0, 0.05) is 6.54 Å². The third-order valence-corrected chi connectivity index (χ3v) is 2.89. The zero-order chi connectivity index (χ0) is 13.3. The fourth-order valence-electron chi connectivity index (χ4n) is 2.07. The first kappa shape index (κ1) is 12.4. The Bertz CT molecular complexity index is 470. The standard InChI is InChI=1S/C12H13NO5/c14-8-3-1-7(2-4-8)11(12(17)18)13-6-9(15)5-10(13)16/h1-4,9,11,14-15H,5-6H2,(H,17,18)/t9?,11-/m1/s1. The van der Waals surface area contributed by atoms with Gasteiger partial charge in [0.05, 0.1) is 12.5 Å². The van der Waals surface area contributed by atoms with Crippen molar-refractivity contribution >= 4 is 11.9 Å². The van der Waals surface area contributed by atoms with Gasteiger partial charge >= 0.3 is 5.97 Å². The van der Waals surface area contributed by atoms with Crippen LogP contribution in [0.3, 0.4) is 0 Å². The molecule has 0 aliphatic carbocycles. The van der Waals surface area contributed by atoms with Crippen LogP contribution in [0.1, 0.15) is 18.0 Å². The largest absolute Gasteiger partial charge is 0.508 e. The van der Waals surface area contributed by atoms with E-state index in [9.17, 15) is 19.8 Å². The lowest BCUT2D eigenvalue weighted by Gasteiger charge is -2.24. The Hall–Kier alpha value is -2.08. The van der Waals surface area contributed by atoms with Crippen LogP contribution in [0.4, 0.5) is 0 Å². The number of carboxylic acids is 1. The molecular formula is C12H13NO5. The summed E-state index contributed by atoms with van der Waals surface area (Å²) in [6.45, 7) is 0.0106. The van der Waals surface area contributed by atoms with Crippen molar-refractivity contribution in [3.8, 4) is 5.75 Å². The van der Waals surface area contributed by atoms with Crippen LogP contribution < -0.4 is 0 Å². The molecule has 1 aliphatic heterocycles. The Morgan fingerprint density at radius 3 is 2.39 bits per heavy atom. The summed E-state index contributed by atoms with van der Waals surface area (Å²) in [5, 5.41) is 27.8. The number of nitrogens with zero attached hydrogens (tertiary/aromatic N) is 1. The number of hydrogen-bond acceptors (Lipinski definition) is 4. The van der Waals surface area contributed by atoms with Crippen molar-refractivity contribution < 1.29 is 24.9 Å². The molecule has 6 heteroatoms. The van der Waals surface area contributed by atoms with E-state index in [1.54, 1.807) is 0 Å². The number of hydrogen-bond donors (Lipinski definition) is 3. The second-order valence-electron chi connectivity index (χ2n) is 4.24. The van der Waals surface area contributed by atoms with E-state index in [1.807, 2.05) is 0 Å². The number of likely N-dealkylation sites (tertiary alicyclic amines) is 1. The zero-order valence-corrected chi connectivity index (χ0v) is 9.48. The Kier molecular flexibility index (Phi) is 3.20. The minimum Gasteiger partial charge on any atom is -0.508 e. The minimum absolute atomic E-state index is 0.0106. The molecule has 96 valence electrons. The van der Waals surface area contributed by atoms with Crippen molar-refractivity contribution in [2.45, 2.75) is 18.6 Å². The maximum atomic E-state index is 11.6. The summed E-state index contributed by atoms with van der Waals surface area (Å²) in [6, 6.07) is 4.50. The number of carboxylic acid groups (broad SMARTS) is 1. The molecule has 1 aromatic rings. The average molecular weight is 251 g/mol. The van der Waals surface area contributed by atoms with Crippen LogP contribution in [0.15, 0.2) is 24.3 Å². The topological polar surface area (TPSA) is 98.1 Å². The molecule has 2 atom stereocenters. The number of β-amino-alcohol motifs (C(OH)–C–C–N with tert-alkyl or cyclic N) is 1. The van der Waals surface area contributed by atoms with Crippen LogP contribution in [0.2, 0.25) is 0 Å². The van der Waals surface area contributed by atoms with Gasteiger partial charge < -0.3 is 20.2 Å². The lowest BCUT2D eigenvalue weighted by molar-refractivity contribution is -0.148. The van der Waals surface area contributed by atoms with Gasteiger partial charge in [0.25, 0.3) is 0 Å². The molecular weight excluding hydrogens is 238 g/mol. The second kappa shape index (κ2) is 4.66. The van der Waals surface area contributed by atoms with Crippen LogP contribution in [-0.2, 0) is 9.59 Å². The highest BCUT2D eigenvalue weighted by molar-refractivity contribution is 5.86. The maximum absolute atomic E-state index is 11.6. The van der Waals surface area contributed by atoms with Gasteiger partial charge in [-0.15, -0.1) is 0 Å². The number of aliphatic carboxylic acids is 1. The van der Waals surface area contributed by atoms with Crippen molar-refractivity contribution in [2.75, 3.05) is 6.54 Å². The molecule has 1 aliphatic rings. The first-order chi connectivity index (χ1) is 8.49. The van der Waals surface area contributed by atoms with E-state index in [0.29, 0.717) is 5.56 Å². The van der Waals surface area contributed by atoms with Gasteiger partial charge in [0.1, 0.15) is 5.75 Å². The Morgan fingerprint density at radius 1 is 1.33 bits per heavy atom. The van der Waals surface area contributed by atoms with E-state index in [1.165, 1.54) is 24.3 Å². The van der Waals surface area contributed by atoms with Crippen LogP contribution >= 0.6 is 0 Å². The summed E-state index contributed by atoms with van der Waals surface area (Å²) in [6.07, 6.45) is -0.876. The minimum atomic E-state index is -1.16. The predicted molar refractivity (Wildman–Crippen MR) is 60.8 cm³/mol. The van der Waals surface area contributed by atoms with Crippen molar-refractivity contribution in [2.24, 2.45) is 0 Å². The number of amides is 1. The molecule has 0 bridgehead atoms. The summed E-state index contributed by atoms with van der Waals surface area (Å²) in [7, 11) is 0. The molecule has 6 nitrogen and oxygen atoms in total. The first-order valence-electron chi connectivity index (χ1n) is 5.48. The maximum Gasteiger partial charge on any atom is 0.331 e. The highest BCUT2D eigenvalue weighted by Gasteiger charge is 2.37. The molecule has 0 radical (unpaired) electrons. The molecule has 1 fully saturated rings. The Labute approximate surface area is 103 Å². The van der Waals surface area contributed by atoms with E-state index in [-0.39, 0.29) is 24.6 Å². The van der Waals surface area contributed by atoms with E-state index < -0.39 is 18.1 Å². The summed E-state index contributed by atoms with van der Waals surface area (Å²) in [4.78, 5) is 24.0. The third kappa shape index (κ3) is 2.28. The molecule has 1 heterocycles.